The number of alkyl halides is 1. The number of nitrogens with one attached hydrogen (secondary N) is 2. The molecule has 0 saturated carbocycles. The summed E-state index contributed by atoms with van der Waals surface area (Å²) in [5, 5.41) is -0.106. The van der Waals surface area contributed by atoms with Crippen LogP contribution in [0.4, 0.5) is 0 Å². The molecule has 0 aliphatic carbocycles. The first-order chi connectivity index (χ1) is 9.22. The number of rotatable bonds is 3. The van der Waals surface area contributed by atoms with Gasteiger partial charge in [-0.1, -0.05) is 36.4 Å². The quantitative estimate of drug-likeness (QED) is 0.706. The number of aromatic nitrogens is 2. The van der Waals surface area contributed by atoms with E-state index in [9.17, 15) is 4.79 Å². The van der Waals surface area contributed by atoms with Crippen LogP contribution in [-0.4, -0.2) is 9.97 Å². The number of halogens is 1. The van der Waals surface area contributed by atoms with Gasteiger partial charge in [0.2, 0.25) is 0 Å². The van der Waals surface area contributed by atoms with E-state index >= 15 is 0 Å². The van der Waals surface area contributed by atoms with Crippen LogP contribution in [0.2, 0.25) is 0 Å². The molecule has 2 aromatic carbocycles. The van der Waals surface area contributed by atoms with E-state index in [1.165, 1.54) is 5.56 Å². The summed E-state index contributed by atoms with van der Waals surface area (Å²) < 4.78 is 0. The van der Waals surface area contributed by atoms with Crippen LogP contribution in [-0.2, 0) is 6.42 Å². The fraction of sp³-hybridized carbons (Fsp3) is 0.133. The average Bonchev–Trinajstić information content (AvgIpc) is 2.78. The molecule has 0 aliphatic heterocycles. The largest absolute Gasteiger partial charge is 0.323 e. The maximum atomic E-state index is 11.2. The van der Waals surface area contributed by atoms with E-state index in [4.69, 9.17) is 11.6 Å². The standard InChI is InChI=1S/C15H13ClN2O/c16-12(8-10-4-2-1-3-5-10)11-6-7-13-14(9-11)18-15(19)17-13/h1-7,9,12H,8H2,(H2,17,18,19). The third kappa shape index (κ3) is 2.56. The Kier molecular flexibility index (Phi) is 3.13. The van der Waals surface area contributed by atoms with Crippen molar-refractivity contribution >= 4 is 22.6 Å². The predicted octanol–water partition coefficient (Wildman–Crippen LogP) is 3.38. The minimum atomic E-state index is -0.193. The zero-order chi connectivity index (χ0) is 13.2. The third-order valence-corrected chi connectivity index (χ3v) is 3.57. The fourth-order valence-corrected chi connectivity index (χ4v) is 2.50. The number of benzene rings is 2. The number of imidazole rings is 1. The number of hydrogen-bond donors (Lipinski definition) is 2. The second-order valence-corrected chi connectivity index (χ2v) is 5.07. The van der Waals surface area contributed by atoms with Gasteiger partial charge in [0.05, 0.1) is 16.4 Å². The van der Waals surface area contributed by atoms with Crippen LogP contribution in [0.15, 0.2) is 53.3 Å². The van der Waals surface area contributed by atoms with Crippen molar-refractivity contribution in [3.8, 4) is 0 Å². The van der Waals surface area contributed by atoms with Crippen molar-refractivity contribution in [1.29, 1.82) is 0 Å². The molecule has 3 rings (SSSR count). The molecule has 0 fully saturated rings. The maximum absolute atomic E-state index is 11.2. The smallest absolute Gasteiger partial charge is 0.306 e. The van der Waals surface area contributed by atoms with Gasteiger partial charge in [-0.2, -0.15) is 0 Å². The molecule has 1 heterocycles. The summed E-state index contributed by atoms with van der Waals surface area (Å²) in [6.07, 6.45) is 0.766. The molecular formula is C15H13ClN2O. The van der Waals surface area contributed by atoms with Gasteiger partial charge in [-0.3, -0.25) is 0 Å². The zero-order valence-electron chi connectivity index (χ0n) is 10.2. The first-order valence-corrected chi connectivity index (χ1v) is 6.56. The molecule has 19 heavy (non-hydrogen) atoms. The Labute approximate surface area is 115 Å². The van der Waals surface area contributed by atoms with Gasteiger partial charge in [-0.25, -0.2) is 4.79 Å². The molecule has 0 bridgehead atoms. The normalized spacial score (nSPS) is 12.7. The van der Waals surface area contributed by atoms with Gasteiger partial charge in [0.15, 0.2) is 0 Å². The van der Waals surface area contributed by atoms with Crippen molar-refractivity contribution in [1.82, 2.24) is 9.97 Å². The summed E-state index contributed by atoms with van der Waals surface area (Å²) in [6.45, 7) is 0. The van der Waals surface area contributed by atoms with E-state index in [2.05, 4.69) is 22.1 Å². The highest BCUT2D eigenvalue weighted by Gasteiger charge is 2.10. The minimum Gasteiger partial charge on any atom is -0.306 e. The van der Waals surface area contributed by atoms with E-state index in [1.54, 1.807) is 0 Å². The maximum Gasteiger partial charge on any atom is 0.323 e. The Bertz CT molecular complexity index is 745. The molecule has 0 aliphatic rings. The topological polar surface area (TPSA) is 48.6 Å². The summed E-state index contributed by atoms with van der Waals surface area (Å²) in [4.78, 5) is 16.7. The Hall–Kier alpha value is -2.00. The summed E-state index contributed by atoms with van der Waals surface area (Å²) >= 11 is 6.45. The molecule has 4 heteroatoms. The third-order valence-electron chi connectivity index (χ3n) is 3.16. The van der Waals surface area contributed by atoms with Gasteiger partial charge in [0.25, 0.3) is 0 Å². The average molecular weight is 273 g/mol. The SMILES string of the molecule is O=c1[nH]c2ccc(C(Cl)Cc3ccccc3)cc2[nH]1. The lowest BCUT2D eigenvalue weighted by Gasteiger charge is -2.10. The minimum absolute atomic E-state index is 0.106. The highest BCUT2D eigenvalue weighted by atomic mass is 35.5. The molecule has 0 radical (unpaired) electrons. The van der Waals surface area contributed by atoms with Gasteiger partial charge in [0.1, 0.15) is 0 Å². The molecule has 3 aromatic rings. The lowest BCUT2D eigenvalue weighted by Crippen LogP contribution is -1.99. The van der Waals surface area contributed by atoms with Gasteiger partial charge in [-0.05, 0) is 29.7 Å². The molecule has 0 amide bonds. The zero-order valence-corrected chi connectivity index (χ0v) is 10.9. The molecule has 2 N–H and O–H groups in total. The van der Waals surface area contributed by atoms with Crippen LogP contribution in [0.3, 0.4) is 0 Å². The lowest BCUT2D eigenvalue weighted by atomic mass is 10.0. The Balaban J connectivity index is 1.88. The van der Waals surface area contributed by atoms with Gasteiger partial charge in [0, 0.05) is 0 Å². The molecule has 0 saturated heterocycles. The Morgan fingerprint density at radius 1 is 1.00 bits per heavy atom. The van der Waals surface area contributed by atoms with Crippen LogP contribution in [0.25, 0.3) is 11.0 Å². The second-order valence-electron chi connectivity index (χ2n) is 4.54. The van der Waals surface area contributed by atoms with Crippen molar-refractivity contribution in [3.63, 3.8) is 0 Å². The van der Waals surface area contributed by atoms with E-state index in [1.807, 2.05) is 36.4 Å². The van der Waals surface area contributed by atoms with Crippen LogP contribution < -0.4 is 5.69 Å². The first-order valence-electron chi connectivity index (χ1n) is 6.12. The monoisotopic (exact) mass is 272 g/mol. The van der Waals surface area contributed by atoms with Crippen molar-refractivity contribution in [2.24, 2.45) is 0 Å². The van der Waals surface area contributed by atoms with Crippen LogP contribution in [0.5, 0.6) is 0 Å². The molecule has 3 nitrogen and oxygen atoms in total. The van der Waals surface area contributed by atoms with E-state index in [0.29, 0.717) is 0 Å². The number of fused-ring (bicyclic) bond motifs is 1. The van der Waals surface area contributed by atoms with E-state index in [0.717, 1.165) is 23.0 Å². The van der Waals surface area contributed by atoms with Crippen molar-refractivity contribution in [2.45, 2.75) is 11.8 Å². The number of hydrogen-bond acceptors (Lipinski definition) is 1. The van der Waals surface area contributed by atoms with E-state index in [-0.39, 0.29) is 11.1 Å². The van der Waals surface area contributed by atoms with Crippen molar-refractivity contribution < 1.29 is 0 Å². The summed E-state index contributed by atoms with van der Waals surface area (Å²) in [5.74, 6) is 0. The van der Waals surface area contributed by atoms with E-state index < -0.39 is 0 Å². The molecule has 0 spiro atoms. The van der Waals surface area contributed by atoms with Gasteiger partial charge in [-0.15, -0.1) is 11.6 Å². The fourth-order valence-electron chi connectivity index (χ4n) is 2.18. The molecule has 1 aromatic heterocycles. The van der Waals surface area contributed by atoms with Crippen molar-refractivity contribution in [3.05, 3.63) is 70.1 Å². The van der Waals surface area contributed by atoms with Gasteiger partial charge >= 0.3 is 5.69 Å². The molecule has 1 unspecified atom stereocenters. The summed E-state index contributed by atoms with van der Waals surface area (Å²) in [6, 6.07) is 15.9. The highest BCUT2D eigenvalue weighted by Crippen LogP contribution is 2.26. The Morgan fingerprint density at radius 2 is 1.74 bits per heavy atom. The van der Waals surface area contributed by atoms with Gasteiger partial charge < -0.3 is 9.97 Å². The number of H-pyrrole nitrogens is 2. The Morgan fingerprint density at radius 3 is 2.53 bits per heavy atom. The summed E-state index contributed by atoms with van der Waals surface area (Å²) in [7, 11) is 0. The molecule has 96 valence electrons. The van der Waals surface area contributed by atoms with Crippen molar-refractivity contribution in [2.75, 3.05) is 0 Å². The predicted molar refractivity (Wildman–Crippen MR) is 77.7 cm³/mol. The van der Waals surface area contributed by atoms with Crippen LogP contribution in [0.1, 0.15) is 16.5 Å². The van der Waals surface area contributed by atoms with Crippen LogP contribution in [0, 0.1) is 0 Å². The molecule has 1 atom stereocenters. The second kappa shape index (κ2) is 4.94. The highest BCUT2D eigenvalue weighted by molar-refractivity contribution is 6.21. The van der Waals surface area contributed by atoms with Crippen LogP contribution >= 0.6 is 11.6 Å². The summed E-state index contributed by atoms with van der Waals surface area (Å²) in [5.41, 5.74) is 3.61. The number of aromatic amines is 2. The molecular weight excluding hydrogens is 260 g/mol. The first kappa shape index (κ1) is 12.1. The lowest BCUT2D eigenvalue weighted by molar-refractivity contribution is 0.921.